The van der Waals surface area contributed by atoms with Crippen molar-refractivity contribution in [2.24, 2.45) is 11.7 Å². The van der Waals surface area contributed by atoms with Crippen LogP contribution < -0.4 is 11.1 Å². The van der Waals surface area contributed by atoms with Gasteiger partial charge in [-0.05, 0) is 31.2 Å². The molecule has 0 atom stereocenters. The largest absolute Gasteiger partial charge is 0.369 e. The van der Waals surface area contributed by atoms with Gasteiger partial charge in [0.2, 0.25) is 5.91 Å². The van der Waals surface area contributed by atoms with E-state index in [1.165, 1.54) is 0 Å². The third-order valence-corrected chi connectivity index (χ3v) is 3.79. The fourth-order valence-corrected chi connectivity index (χ4v) is 2.74. The minimum atomic E-state index is -0.309. The summed E-state index contributed by atoms with van der Waals surface area (Å²) >= 11 is 0. The quantitative estimate of drug-likeness (QED) is 0.702. The summed E-state index contributed by atoms with van der Waals surface area (Å²) < 4.78 is 0. The highest BCUT2D eigenvalue weighted by molar-refractivity contribution is 5.92. The summed E-state index contributed by atoms with van der Waals surface area (Å²) in [6, 6.07) is 1.94. The van der Waals surface area contributed by atoms with Crippen molar-refractivity contribution in [2.45, 2.75) is 39.2 Å². The topological polar surface area (TPSA) is 104 Å². The number of aromatic nitrogens is 2. The molecule has 0 bridgehead atoms. The molecular weight excluding hydrogens is 282 g/mol. The third kappa shape index (κ3) is 4.84. The van der Waals surface area contributed by atoms with Crippen LogP contribution in [-0.4, -0.2) is 52.6 Å². The van der Waals surface area contributed by atoms with Gasteiger partial charge in [0.05, 0.1) is 6.54 Å². The number of nitrogens with one attached hydrogen (secondary N) is 2. The maximum absolute atomic E-state index is 12.2. The first kappa shape index (κ1) is 16.5. The van der Waals surface area contributed by atoms with E-state index < -0.39 is 0 Å². The lowest BCUT2D eigenvalue weighted by Crippen LogP contribution is -2.46. The standard InChI is InChI=1S/C15H25N5O2/c1-10(2)7-12-8-13(19-18-12)15(22)17-11-3-5-20(6-4-11)9-14(16)21/h8,10-11H,3-7,9H2,1-2H3,(H2,16,21)(H,17,22)(H,18,19). The Balaban J connectivity index is 1.80. The summed E-state index contributed by atoms with van der Waals surface area (Å²) in [4.78, 5) is 25.1. The monoisotopic (exact) mass is 307 g/mol. The number of hydrogen-bond acceptors (Lipinski definition) is 4. The minimum Gasteiger partial charge on any atom is -0.369 e. The van der Waals surface area contributed by atoms with Gasteiger partial charge < -0.3 is 11.1 Å². The number of hydrogen-bond donors (Lipinski definition) is 3. The molecule has 2 amide bonds. The summed E-state index contributed by atoms with van der Waals surface area (Å²) in [7, 11) is 0. The molecule has 0 saturated carbocycles. The maximum Gasteiger partial charge on any atom is 0.271 e. The van der Waals surface area contributed by atoms with Crippen LogP contribution in [0.15, 0.2) is 6.07 Å². The summed E-state index contributed by atoms with van der Waals surface area (Å²) in [6.07, 6.45) is 2.52. The number of likely N-dealkylation sites (tertiary alicyclic amines) is 1. The molecule has 22 heavy (non-hydrogen) atoms. The number of nitrogens with zero attached hydrogens (tertiary/aromatic N) is 2. The normalized spacial score (nSPS) is 16.9. The summed E-state index contributed by atoms with van der Waals surface area (Å²) in [5.74, 6) is 0.0715. The maximum atomic E-state index is 12.2. The van der Waals surface area contributed by atoms with Gasteiger partial charge in [0.25, 0.3) is 5.91 Å². The zero-order valence-electron chi connectivity index (χ0n) is 13.3. The number of carbonyl (C=O) groups is 2. The molecule has 1 aliphatic heterocycles. The molecule has 122 valence electrons. The van der Waals surface area contributed by atoms with Crippen molar-refractivity contribution in [3.8, 4) is 0 Å². The van der Waals surface area contributed by atoms with Crippen LogP contribution in [0.25, 0.3) is 0 Å². The number of H-pyrrole nitrogens is 1. The van der Waals surface area contributed by atoms with Gasteiger partial charge >= 0.3 is 0 Å². The first-order valence-corrected chi connectivity index (χ1v) is 7.80. The summed E-state index contributed by atoms with van der Waals surface area (Å²) in [6.45, 7) is 6.08. The molecule has 7 nitrogen and oxygen atoms in total. The van der Waals surface area contributed by atoms with Crippen molar-refractivity contribution in [3.63, 3.8) is 0 Å². The Bertz CT molecular complexity index is 518. The van der Waals surface area contributed by atoms with Crippen LogP contribution in [0, 0.1) is 5.92 Å². The van der Waals surface area contributed by atoms with Crippen LogP contribution in [-0.2, 0) is 11.2 Å². The van der Waals surface area contributed by atoms with Crippen LogP contribution in [0.2, 0.25) is 0 Å². The van der Waals surface area contributed by atoms with Gasteiger partial charge in [-0.25, -0.2) is 0 Å². The van der Waals surface area contributed by atoms with Crippen molar-refractivity contribution in [1.82, 2.24) is 20.4 Å². The van der Waals surface area contributed by atoms with Crippen LogP contribution in [0.3, 0.4) is 0 Å². The molecule has 2 heterocycles. The summed E-state index contributed by atoms with van der Waals surface area (Å²) in [5, 5.41) is 10.0. The second kappa shape index (κ2) is 7.40. The number of nitrogens with two attached hydrogens (primary N) is 1. The highest BCUT2D eigenvalue weighted by atomic mass is 16.2. The second-order valence-electron chi connectivity index (χ2n) is 6.37. The molecule has 0 unspecified atom stereocenters. The molecule has 1 saturated heterocycles. The van der Waals surface area contributed by atoms with Crippen LogP contribution >= 0.6 is 0 Å². The van der Waals surface area contributed by atoms with Gasteiger partial charge in [0, 0.05) is 24.8 Å². The molecule has 1 aromatic heterocycles. The zero-order chi connectivity index (χ0) is 16.1. The molecule has 0 spiro atoms. The molecule has 1 aromatic rings. The fourth-order valence-electron chi connectivity index (χ4n) is 2.74. The predicted octanol–water partition coefficient (Wildman–Crippen LogP) is 0.288. The van der Waals surface area contributed by atoms with E-state index in [9.17, 15) is 9.59 Å². The first-order valence-electron chi connectivity index (χ1n) is 7.80. The second-order valence-corrected chi connectivity index (χ2v) is 6.37. The van der Waals surface area contributed by atoms with E-state index in [2.05, 4.69) is 29.4 Å². The predicted molar refractivity (Wildman–Crippen MR) is 83.3 cm³/mol. The van der Waals surface area contributed by atoms with Crippen LogP contribution in [0.5, 0.6) is 0 Å². The molecule has 1 aliphatic rings. The van der Waals surface area contributed by atoms with E-state index in [1.54, 1.807) is 0 Å². The zero-order valence-corrected chi connectivity index (χ0v) is 13.3. The van der Waals surface area contributed by atoms with Crippen LogP contribution in [0.1, 0.15) is 42.9 Å². The smallest absolute Gasteiger partial charge is 0.271 e. The minimum absolute atomic E-state index is 0.127. The van der Waals surface area contributed by atoms with Gasteiger partial charge in [-0.2, -0.15) is 5.10 Å². The molecule has 0 radical (unpaired) electrons. The Morgan fingerprint density at radius 1 is 1.45 bits per heavy atom. The lowest BCUT2D eigenvalue weighted by molar-refractivity contribution is -0.119. The van der Waals surface area contributed by atoms with Crippen LogP contribution in [0.4, 0.5) is 0 Å². The van der Waals surface area contributed by atoms with Gasteiger partial charge in [0.1, 0.15) is 5.69 Å². The molecular formula is C15H25N5O2. The van der Waals surface area contributed by atoms with Crippen molar-refractivity contribution >= 4 is 11.8 Å². The van der Waals surface area contributed by atoms with E-state index in [0.717, 1.165) is 38.0 Å². The lowest BCUT2D eigenvalue weighted by Gasteiger charge is -2.31. The van der Waals surface area contributed by atoms with Gasteiger partial charge in [0.15, 0.2) is 0 Å². The van der Waals surface area contributed by atoms with E-state index in [0.29, 0.717) is 18.2 Å². The average Bonchev–Trinajstić information content (AvgIpc) is 2.88. The van der Waals surface area contributed by atoms with E-state index in [-0.39, 0.29) is 17.9 Å². The Hall–Kier alpha value is -1.89. The third-order valence-electron chi connectivity index (χ3n) is 3.79. The molecule has 0 aromatic carbocycles. The highest BCUT2D eigenvalue weighted by Gasteiger charge is 2.22. The lowest BCUT2D eigenvalue weighted by atomic mass is 10.0. The van der Waals surface area contributed by atoms with Crippen molar-refractivity contribution < 1.29 is 9.59 Å². The average molecular weight is 307 g/mol. The Labute approximate surface area is 130 Å². The molecule has 7 heteroatoms. The van der Waals surface area contributed by atoms with Gasteiger partial charge in [-0.3, -0.25) is 19.6 Å². The number of rotatable bonds is 6. The SMILES string of the molecule is CC(C)Cc1cc(C(=O)NC2CCN(CC(N)=O)CC2)n[nH]1. The van der Waals surface area contributed by atoms with Crippen molar-refractivity contribution in [3.05, 3.63) is 17.5 Å². The van der Waals surface area contributed by atoms with Crippen molar-refractivity contribution in [1.29, 1.82) is 0 Å². The Morgan fingerprint density at radius 2 is 2.14 bits per heavy atom. The molecule has 0 aliphatic carbocycles. The molecule has 1 fully saturated rings. The Morgan fingerprint density at radius 3 is 2.73 bits per heavy atom. The highest BCUT2D eigenvalue weighted by Crippen LogP contribution is 2.11. The van der Waals surface area contributed by atoms with E-state index in [4.69, 9.17) is 5.73 Å². The molecule has 2 rings (SSSR count). The first-order chi connectivity index (χ1) is 10.4. The van der Waals surface area contributed by atoms with Crippen molar-refractivity contribution in [2.75, 3.05) is 19.6 Å². The fraction of sp³-hybridized carbons (Fsp3) is 0.667. The number of primary amides is 1. The van der Waals surface area contributed by atoms with Gasteiger partial charge in [-0.1, -0.05) is 13.8 Å². The summed E-state index contributed by atoms with van der Waals surface area (Å²) in [5.41, 5.74) is 6.61. The Kier molecular flexibility index (Phi) is 5.54. The van der Waals surface area contributed by atoms with E-state index >= 15 is 0 Å². The number of piperidine rings is 1. The number of amides is 2. The number of aromatic amines is 1. The molecule has 4 N–H and O–H groups in total. The number of carbonyl (C=O) groups excluding carboxylic acids is 2. The van der Waals surface area contributed by atoms with Gasteiger partial charge in [-0.15, -0.1) is 0 Å². The van der Waals surface area contributed by atoms with E-state index in [1.807, 2.05) is 11.0 Å².